The molecule has 1 fully saturated rings. The molecule has 3 heteroatoms. The van der Waals surface area contributed by atoms with Gasteiger partial charge in [0.25, 0.3) is 0 Å². The van der Waals surface area contributed by atoms with Crippen LogP contribution in [-0.4, -0.2) is 12.4 Å². The molecule has 0 heterocycles. The molecule has 0 spiro atoms. The van der Waals surface area contributed by atoms with E-state index in [0.717, 1.165) is 23.5 Å². The van der Waals surface area contributed by atoms with Crippen LogP contribution < -0.4 is 4.74 Å². The first-order valence-corrected chi connectivity index (χ1v) is 8.02. The second-order valence-corrected chi connectivity index (χ2v) is 6.77. The number of ether oxygens (including phenoxy) is 1. The number of nitrogens with zero attached hydrogens (tertiary/aromatic N) is 1. The van der Waals surface area contributed by atoms with Crippen molar-refractivity contribution in [1.29, 1.82) is 5.26 Å². The zero-order valence-electron chi connectivity index (χ0n) is 11.9. The number of rotatable bonds is 3. The highest BCUT2D eigenvalue weighted by Crippen LogP contribution is 2.37. The average molecular weight is 275 g/mol. The first-order chi connectivity index (χ1) is 9.05. The quantitative estimate of drug-likeness (QED) is 0.754. The van der Waals surface area contributed by atoms with E-state index in [1.54, 1.807) is 11.8 Å². The van der Waals surface area contributed by atoms with Crippen LogP contribution in [0.5, 0.6) is 5.75 Å². The third-order valence-electron chi connectivity index (χ3n) is 3.90. The topological polar surface area (TPSA) is 33.0 Å². The number of nitriles is 1. The van der Waals surface area contributed by atoms with Crippen molar-refractivity contribution in [3.63, 3.8) is 0 Å². The maximum absolute atomic E-state index is 9.30. The fraction of sp³-hybridized carbons (Fsp3) is 0.562. The first-order valence-electron chi connectivity index (χ1n) is 6.79. The predicted molar refractivity (Wildman–Crippen MR) is 79.6 cm³/mol. The molecule has 1 aliphatic rings. The van der Waals surface area contributed by atoms with E-state index in [-0.39, 0.29) is 6.10 Å². The first kappa shape index (κ1) is 14.3. The maximum Gasteiger partial charge on any atom is 0.138 e. The van der Waals surface area contributed by atoms with Crippen molar-refractivity contribution in [2.24, 2.45) is 5.41 Å². The van der Waals surface area contributed by atoms with Gasteiger partial charge in [0.05, 0.1) is 6.10 Å². The van der Waals surface area contributed by atoms with E-state index in [1.165, 1.54) is 12.8 Å². The van der Waals surface area contributed by atoms with Gasteiger partial charge in [0.1, 0.15) is 17.4 Å². The molecule has 0 bridgehead atoms. The number of hydrogen-bond donors (Lipinski definition) is 0. The van der Waals surface area contributed by atoms with E-state index in [1.807, 2.05) is 24.5 Å². The molecule has 0 atom stereocenters. The zero-order valence-corrected chi connectivity index (χ0v) is 12.7. The van der Waals surface area contributed by atoms with Gasteiger partial charge in [-0.3, -0.25) is 0 Å². The monoisotopic (exact) mass is 275 g/mol. The Morgan fingerprint density at radius 1 is 1.32 bits per heavy atom. The fourth-order valence-corrected chi connectivity index (χ4v) is 3.12. The molecule has 0 aromatic heterocycles. The normalized spacial score (nSPS) is 18.8. The average Bonchev–Trinajstić information content (AvgIpc) is 2.40. The van der Waals surface area contributed by atoms with Crippen LogP contribution >= 0.6 is 11.8 Å². The van der Waals surface area contributed by atoms with Crippen molar-refractivity contribution in [1.82, 2.24) is 0 Å². The van der Waals surface area contributed by atoms with E-state index < -0.39 is 0 Å². The van der Waals surface area contributed by atoms with Crippen molar-refractivity contribution in [2.75, 3.05) is 6.26 Å². The van der Waals surface area contributed by atoms with Crippen LogP contribution in [0.3, 0.4) is 0 Å². The summed E-state index contributed by atoms with van der Waals surface area (Å²) >= 11 is 1.59. The summed E-state index contributed by atoms with van der Waals surface area (Å²) in [6.45, 7) is 4.64. The Kier molecular flexibility index (Phi) is 4.42. The van der Waals surface area contributed by atoms with E-state index in [2.05, 4.69) is 19.9 Å². The summed E-state index contributed by atoms with van der Waals surface area (Å²) in [5, 5.41) is 9.30. The summed E-state index contributed by atoms with van der Waals surface area (Å²) in [5.74, 6) is 0.749. The molecule has 0 saturated heterocycles. The summed E-state index contributed by atoms with van der Waals surface area (Å²) in [7, 11) is 0. The molecule has 2 rings (SSSR count). The minimum absolute atomic E-state index is 0.261. The van der Waals surface area contributed by atoms with Crippen LogP contribution in [0.25, 0.3) is 0 Å². The maximum atomic E-state index is 9.30. The highest BCUT2D eigenvalue weighted by molar-refractivity contribution is 7.98. The number of benzene rings is 1. The van der Waals surface area contributed by atoms with Crippen LogP contribution in [-0.2, 0) is 0 Å². The highest BCUT2D eigenvalue weighted by Gasteiger charge is 2.28. The summed E-state index contributed by atoms with van der Waals surface area (Å²) in [4.78, 5) is 0.996. The number of thioether (sulfide) groups is 1. The van der Waals surface area contributed by atoms with E-state index in [0.29, 0.717) is 11.0 Å². The second-order valence-electron chi connectivity index (χ2n) is 5.93. The van der Waals surface area contributed by atoms with Crippen molar-refractivity contribution >= 4 is 11.8 Å². The van der Waals surface area contributed by atoms with Gasteiger partial charge < -0.3 is 4.74 Å². The third kappa shape index (κ3) is 3.45. The van der Waals surface area contributed by atoms with Crippen LogP contribution in [0.1, 0.15) is 45.1 Å². The lowest BCUT2D eigenvalue weighted by Gasteiger charge is -2.34. The lowest BCUT2D eigenvalue weighted by atomic mass is 9.76. The van der Waals surface area contributed by atoms with Crippen molar-refractivity contribution in [2.45, 2.75) is 50.5 Å². The molecule has 1 aromatic rings. The smallest absolute Gasteiger partial charge is 0.138 e. The Bertz CT molecular complexity index is 480. The third-order valence-corrected chi connectivity index (χ3v) is 4.68. The molecule has 0 unspecified atom stereocenters. The fourth-order valence-electron chi connectivity index (χ4n) is 2.56. The Labute approximate surface area is 120 Å². The lowest BCUT2D eigenvalue weighted by molar-refractivity contribution is 0.0983. The summed E-state index contributed by atoms with van der Waals surface area (Å²) in [6.07, 6.45) is 6.81. The molecule has 1 aromatic carbocycles. The Hall–Kier alpha value is -1.14. The molecule has 0 aliphatic heterocycles. The van der Waals surface area contributed by atoms with Gasteiger partial charge >= 0.3 is 0 Å². The molecule has 0 amide bonds. The Morgan fingerprint density at radius 3 is 2.58 bits per heavy atom. The second kappa shape index (κ2) is 5.88. The van der Waals surface area contributed by atoms with Crippen LogP contribution in [0.15, 0.2) is 23.1 Å². The summed E-state index contributed by atoms with van der Waals surface area (Å²) in [5.41, 5.74) is 1.12. The minimum atomic E-state index is 0.261. The van der Waals surface area contributed by atoms with Gasteiger partial charge in [0, 0.05) is 4.90 Å². The van der Waals surface area contributed by atoms with Crippen molar-refractivity contribution in [3.8, 4) is 11.8 Å². The van der Waals surface area contributed by atoms with Crippen molar-refractivity contribution in [3.05, 3.63) is 23.8 Å². The van der Waals surface area contributed by atoms with E-state index in [9.17, 15) is 5.26 Å². The standard InChI is InChI=1S/C16H21NOS/c1-16(2)9-7-12(8-10-16)18-14-5-4-6-15(19-3)13(14)11-17/h4-6,12H,7-10H2,1-3H3. The minimum Gasteiger partial charge on any atom is -0.489 e. The number of hydrogen-bond acceptors (Lipinski definition) is 3. The summed E-state index contributed by atoms with van der Waals surface area (Å²) < 4.78 is 6.08. The van der Waals surface area contributed by atoms with Gasteiger partial charge in [-0.05, 0) is 49.5 Å². The zero-order chi connectivity index (χ0) is 13.9. The molecule has 0 N–H and O–H groups in total. The Balaban J connectivity index is 2.10. The van der Waals surface area contributed by atoms with Gasteiger partial charge in [-0.15, -0.1) is 11.8 Å². The van der Waals surface area contributed by atoms with Gasteiger partial charge in [0.2, 0.25) is 0 Å². The largest absolute Gasteiger partial charge is 0.489 e. The SMILES string of the molecule is CSc1cccc(OC2CCC(C)(C)CC2)c1C#N. The Morgan fingerprint density at radius 2 is 2.00 bits per heavy atom. The molecule has 1 saturated carbocycles. The molecule has 102 valence electrons. The highest BCUT2D eigenvalue weighted by atomic mass is 32.2. The van der Waals surface area contributed by atoms with E-state index >= 15 is 0 Å². The molecule has 2 nitrogen and oxygen atoms in total. The molecule has 0 radical (unpaired) electrons. The lowest BCUT2D eigenvalue weighted by Crippen LogP contribution is -2.28. The van der Waals surface area contributed by atoms with Gasteiger partial charge in [0.15, 0.2) is 0 Å². The predicted octanol–water partition coefficient (Wildman–Crippen LogP) is 4.63. The van der Waals surface area contributed by atoms with Gasteiger partial charge in [-0.1, -0.05) is 19.9 Å². The van der Waals surface area contributed by atoms with E-state index in [4.69, 9.17) is 4.74 Å². The van der Waals surface area contributed by atoms with Crippen molar-refractivity contribution < 1.29 is 4.74 Å². The summed E-state index contributed by atoms with van der Waals surface area (Å²) in [6, 6.07) is 8.13. The van der Waals surface area contributed by atoms with Gasteiger partial charge in [-0.25, -0.2) is 0 Å². The van der Waals surface area contributed by atoms with Crippen LogP contribution in [0.2, 0.25) is 0 Å². The molecular weight excluding hydrogens is 254 g/mol. The van der Waals surface area contributed by atoms with Crippen LogP contribution in [0.4, 0.5) is 0 Å². The molecule has 1 aliphatic carbocycles. The van der Waals surface area contributed by atoms with Gasteiger partial charge in [-0.2, -0.15) is 5.26 Å². The van der Waals surface area contributed by atoms with Crippen LogP contribution in [0, 0.1) is 16.7 Å². The molecular formula is C16H21NOS. The molecule has 19 heavy (non-hydrogen) atoms.